The lowest BCUT2D eigenvalue weighted by molar-refractivity contribution is -0.115. The first-order chi connectivity index (χ1) is 15.9. The van der Waals surface area contributed by atoms with Crippen LogP contribution >= 0.6 is 11.8 Å². The maximum Gasteiger partial charge on any atom is 0.263 e. The molecule has 0 bridgehead atoms. The molecule has 9 heteroatoms. The molecular weight excluding hydrogens is 458 g/mol. The Bertz CT molecular complexity index is 1320. The second-order valence-electron chi connectivity index (χ2n) is 7.16. The fraction of sp³-hybridized carbons (Fsp3) is 0.0833. The summed E-state index contributed by atoms with van der Waals surface area (Å²) in [6.45, 7) is 1.67. The maximum atomic E-state index is 13.2. The van der Waals surface area contributed by atoms with E-state index in [1.54, 1.807) is 19.1 Å². The first kappa shape index (κ1) is 22.6. The molecule has 0 saturated heterocycles. The van der Waals surface area contributed by atoms with Gasteiger partial charge in [-0.25, -0.2) is 8.42 Å². The fourth-order valence-corrected chi connectivity index (χ4v) is 5.10. The maximum absolute atomic E-state index is 13.2. The van der Waals surface area contributed by atoms with Gasteiger partial charge in [0.2, 0.25) is 5.91 Å². The van der Waals surface area contributed by atoms with Crippen LogP contribution in [-0.2, 0) is 14.8 Å². The lowest BCUT2D eigenvalue weighted by Crippen LogP contribution is -2.19. The van der Waals surface area contributed by atoms with Crippen molar-refractivity contribution in [3.8, 4) is 0 Å². The summed E-state index contributed by atoms with van der Waals surface area (Å²) in [6, 6.07) is 26.6. The van der Waals surface area contributed by atoms with Crippen LogP contribution in [0.25, 0.3) is 0 Å². The molecule has 7 nitrogen and oxygen atoms in total. The summed E-state index contributed by atoms with van der Waals surface area (Å²) in [4.78, 5) is 14.2. The molecule has 1 amide bonds. The number of hydrogen-bond acceptors (Lipinski definition) is 6. The van der Waals surface area contributed by atoms with Gasteiger partial charge in [0.25, 0.3) is 10.0 Å². The average molecular weight is 480 g/mol. The second kappa shape index (κ2) is 9.93. The number of aromatic nitrogens is 1. The highest BCUT2D eigenvalue weighted by Gasteiger charge is 2.23. The van der Waals surface area contributed by atoms with Gasteiger partial charge in [-0.1, -0.05) is 53.7 Å². The SMILES string of the molecule is Cc1cc(NS(=O)(=O)c2ccc(NC(=O)C(Sc3ccccc3)c3ccccc3)cc2)no1. The van der Waals surface area contributed by atoms with E-state index in [0.717, 1.165) is 10.5 Å². The number of carbonyl (C=O) groups is 1. The summed E-state index contributed by atoms with van der Waals surface area (Å²) in [5.41, 5.74) is 1.36. The number of thioether (sulfide) groups is 1. The number of sulfonamides is 1. The van der Waals surface area contributed by atoms with Gasteiger partial charge in [0.15, 0.2) is 5.82 Å². The Kier molecular flexibility index (Phi) is 6.81. The molecule has 0 aliphatic heterocycles. The van der Waals surface area contributed by atoms with E-state index in [0.29, 0.717) is 11.4 Å². The molecule has 2 N–H and O–H groups in total. The Morgan fingerprint density at radius 1 is 0.939 bits per heavy atom. The van der Waals surface area contributed by atoms with Crippen molar-refractivity contribution in [1.82, 2.24) is 5.16 Å². The predicted molar refractivity (Wildman–Crippen MR) is 129 cm³/mol. The number of aryl methyl sites for hydroxylation is 1. The summed E-state index contributed by atoms with van der Waals surface area (Å²) in [6.07, 6.45) is 0. The third-order valence-corrected chi connectivity index (χ3v) is 7.27. The van der Waals surface area contributed by atoms with Crippen molar-refractivity contribution in [1.29, 1.82) is 0 Å². The summed E-state index contributed by atoms with van der Waals surface area (Å²) < 4.78 is 32.4. The van der Waals surface area contributed by atoms with Gasteiger partial charge in [0.1, 0.15) is 11.0 Å². The summed E-state index contributed by atoms with van der Waals surface area (Å²) in [5, 5.41) is 6.05. The van der Waals surface area contributed by atoms with E-state index in [1.165, 1.54) is 30.0 Å². The van der Waals surface area contributed by atoms with Gasteiger partial charge in [-0.15, -0.1) is 11.8 Å². The zero-order valence-corrected chi connectivity index (χ0v) is 19.3. The number of nitrogens with zero attached hydrogens (tertiary/aromatic N) is 1. The van der Waals surface area contributed by atoms with Crippen LogP contribution < -0.4 is 10.0 Å². The third-order valence-electron chi connectivity index (χ3n) is 4.64. The van der Waals surface area contributed by atoms with Gasteiger partial charge in [-0.05, 0) is 48.9 Å². The number of rotatable bonds is 8. The number of benzene rings is 3. The van der Waals surface area contributed by atoms with Gasteiger partial charge < -0.3 is 9.84 Å². The Labute approximate surface area is 196 Å². The zero-order valence-electron chi connectivity index (χ0n) is 17.6. The molecule has 33 heavy (non-hydrogen) atoms. The molecule has 3 aromatic carbocycles. The second-order valence-corrected chi connectivity index (χ2v) is 10.0. The van der Waals surface area contributed by atoms with Crippen molar-refractivity contribution < 1.29 is 17.7 Å². The van der Waals surface area contributed by atoms with Crippen LogP contribution in [0.5, 0.6) is 0 Å². The molecule has 0 aliphatic carbocycles. The molecule has 0 radical (unpaired) electrons. The van der Waals surface area contributed by atoms with Crippen molar-refractivity contribution >= 4 is 39.2 Å². The predicted octanol–water partition coefficient (Wildman–Crippen LogP) is 5.26. The number of amides is 1. The van der Waals surface area contributed by atoms with Gasteiger partial charge in [0, 0.05) is 16.6 Å². The van der Waals surface area contributed by atoms with Gasteiger partial charge in [0.05, 0.1) is 4.90 Å². The third kappa shape index (κ3) is 5.82. The van der Waals surface area contributed by atoms with Crippen molar-refractivity contribution in [3.05, 3.63) is 102 Å². The zero-order chi connectivity index (χ0) is 23.3. The first-order valence-electron chi connectivity index (χ1n) is 10.0. The largest absolute Gasteiger partial charge is 0.360 e. The minimum Gasteiger partial charge on any atom is -0.360 e. The van der Waals surface area contributed by atoms with Crippen LogP contribution in [0.1, 0.15) is 16.6 Å². The van der Waals surface area contributed by atoms with Crippen LogP contribution in [0.4, 0.5) is 11.5 Å². The van der Waals surface area contributed by atoms with Gasteiger partial charge >= 0.3 is 0 Å². The lowest BCUT2D eigenvalue weighted by Gasteiger charge is -2.17. The van der Waals surface area contributed by atoms with Crippen LogP contribution in [0.3, 0.4) is 0 Å². The molecule has 0 fully saturated rings. The Morgan fingerprint density at radius 3 is 2.18 bits per heavy atom. The van der Waals surface area contributed by atoms with Crippen molar-refractivity contribution in [3.63, 3.8) is 0 Å². The molecular formula is C24H21N3O4S2. The molecule has 1 atom stereocenters. The van der Waals surface area contributed by atoms with E-state index in [1.807, 2.05) is 60.7 Å². The Hall–Kier alpha value is -3.56. The van der Waals surface area contributed by atoms with Crippen LogP contribution in [0, 0.1) is 6.92 Å². The van der Waals surface area contributed by atoms with Gasteiger partial charge in [-0.3, -0.25) is 9.52 Å². The topological polar surface area (TPSA) is 101 Å². The highest BCUT2D eigenvalue weighted by Crippen LogP contribution is 2.36. The van der Waals surface area contributed by atoms with E-state index in [2.05, 4.69) is 15.2 Å². The molecule has 0 saturated carbocycles. The highest BCUT2D eigenvalue weighted by molar-refractivity contribution is 8.00. The van der Waals surface area contributed by atoms with E-state index in [4.69, 9.17) is 4.52 Å². The molecule has 1 unspecified atom stereocenters. The fourth-order valence-electron chi connectivity index (χ4n) is 3.07. The molecule has 4 rings (SSSR count). The van der Waals surface area contributed by atoms with E-state index in [9.17, 15) is 13.2 Å². The van der Waals surface area contributed by atoms with Gasteiger partial charge in [-0.2, -0.15) is 0 Å². The standard InChI is InChI=1S/C24H21N3O4S2/c1-17-16-22(26-31-17)27-33(29,30)21-14-12-19(13-15-21)25-24(28)23(18-8-4-2-5-9-18)32-20-10-6-3-7-11-20/h2-16,23H,1H3,(H,25,28)(H,26,27). The van der Waals surface area contributed by atoms with Crippen molar-refractivity contribution in [2.75, 3.05) is 10.0 Å². The summed E-state index contributed by atoms with van der Waals surface area (Å²) in [5.74, 6) is 0.391. The number of carbonyl (C=O) groups excluding carboxylic acids is 1. The van der Waals surface area contributed by atoms with E-state index in [-0.39, 0.29) is 16.6 Å². The quantitative estimate of drug-likeness (QED) is 0.335. The molecule has 0 spiro atoms. The molecule has 0 aliphatic rings. The Morgan fingerprint density at radius 2 is 1.58 bits per heavy atom. The molecule has 1 heterocycles. The van der Waals surface area contributed by atoms with Crippen LogP contribution in [0.2, 0.25) is 0 Å². The smallest absolute Gasteiger partial charge is 0.263 e. The summed E-state index contributed by atoms with van der Waals surface area (Å²) in [7, 11) is -3.83. The number of hydrogen-bond donors (Lipinski definition) is 2. The lowest BCUT2D eigenvalue weighted by atomic mass is 10.1. The van der Waals surface area contributed by atoms with Crippen molar-refractivity contribution in [2.45, 2.75) is 22.0 Å². The highest BCUT2D eigenvalue weighted by atomic mass is 32.2. The monoisotopic (exact) mass is 479 g/mol. The number of anilines is 2. The van der Waals surface area contributed by atoms with Crippen LogP contribution in [-0.4, -0.2) is 19.5 Å². The summed E-state index contributed by atoms with van der Waals surface area (Å²) >= 11 is 1.45. The average Bonchev–Trinajstić information content (AvgIpc) is 3.22. The van der Waals surface area contributed by atoms with Crippen molar-refractivity contribution in [2.24, 2.45) is 0 Å². The number of nitrogens with one attached hydrogen (secondary N) is 2. The van der Waals surface area contributed by atoms with Crippen LogP contribution in [0.15, 0.2) is 105 Å². The normalized spacial score (nSPS) is 12.2. The minimum absolute atomic E-state index is 0.0411. The first-order valence-corrected chi connectivity index (χ1v) is 12.4. The molecule has 168 valence electrons. The Balaban J connectivity index is 1.50. The minimum atomic E-state index is -3.83. The van der Waals surface area contributed by atoms with E-state index >= 15 is 0 Å². The van der Waals surface area contributed by atoms with E-state index < -0.39 is 15.3 Å². The molecule has 4 aromatic rings. The molecule has 1 aromatic heterocycles.